The van der Waals surface area contributed by atoms with Crippen LogP contribution in [0.4, 0.5) is 5.69 Å². The Hall–Kier alpha value is -1.80. The summed E-state index contributed by atoms with van der Waals surface area (Å²) in [5, 5.41) is 0. The summed E-state index contributed by atoms with van der Waals surface area (Å²) in [6.45, 7) is 4.79. The van der Waals surface area contributed by atoms with Crippen LogP contribution in [0.25, 0.3) is 11.1 Å². The van der Waals surface area contributed by atoms with Gasteiger partial charge in [-0.05, 0) is 36.1 Å². The van der Waals surface area contributed by atoms with Gasteiger partial charge in [0.05, 0.1) is 0 Å². The fourth-order valence-corrected chi connectivity index (χ4v) is 4.11. The van der Waals surface area contributed by atoms with Gasteiger partial charge in [0.1, 0.15) is 0 Å². The lowest BCUT2D eigenvalue weighted by atomic mass is 10.1. The molecule has 0 radical (unpaired) electrons. The van der Waals surface area contributed by atoms with Crippen LogP contribution >= 0.6 is 0 Å². The lowest BCUT2D eigenvalue weighted by Gasteiger charge is -2.39. The van der Waals surface area contributed by atoms with Crippen LogP contribution in [-0.2, 0) is 0 Å². The van der Waals surface area contributed by atoms with E-state index in [2.05, 4.69) is 64.4 Å². The Bertz CT molecular complexity index is 606. The van der Waals surface area contributed by atoms with Gasteiger partial charge in [0, 0.05) is 37.9 Å². The van der Waals surface area contributed by atoms with Gasteiger partial charge in [-0.2, -0.15) is 0 Å². The quantitative estimate of drug-likeness (QED) is 0.828. The Balaban J connectivity index is 1.39. The Morgan fingerprint density at radius 2 is 1.26 bits per heavy atom. The molecule has 0 spiro atoms. The summed E-state index contributed by atoms with van der Waals surface area (Å²) in [6.07, 6.45) is 5.72. The van der Waals surface area contributed by atoms with Crippen molar-refractivity contribution in [3.05, 3.63) is 54.6 Å². The minimum atomic E-state index is 0.873. The summed E-state index contributed by atoms with van der Waals surface area (Å²) < 4.78 is 0. The average Bonchev–Trinajstić information content (AvgIpc) is 3.18. The lowest BCUT2D eigenvalue weighted by molar-refractivity contribution is 0.187. The first-order valence-corrected chi connectivity index (χ1v) is 9.05. The molecule has 2 aliphatic rings. The molecule has 0 unspecified atom stereocenters. The van der Waals surface area contributed by atoms with Gasteiger partial charge >= 0.3 is 0 Å². The highest BCUT2D eigenvalue weighted by atomic mass is 15.3. The average molecular weight is 306 g/mol. The fourth-order valence-electron chi connectivity index (χ4n) is 4.11. The monoisotopic (exact) mass is 306 g/mol. The van der Waals surface area contributed by atoms with Crippen LogP contribution in [-0.4, -0.2) is 37.1 Å². The number of hydrogen-bond acceptors (Lipinski definition) is 2. The molecule has 0 aromatic heterocycles. The van der Waals surface area contributed by atoms with Gasteiger partial charge in [-0.15, -0.1) is 0 Å². The molecule has 1 saturated heterocycles. The van der Waals surface area contributed by atoms with Crippen LogP contribution in [0.2, 0.25) is 0 Å². The molecule has 0 atom stereocenters. The molecule has 120 valence electrons. The van der Waals surface area contributed by atoms with Crippen molar-refractivity contribution in [3.8, 4) is 11.1 Å². The second kappa shape index (κ2) is 6.76. The molecule has 1 heterocycles. The minimum absolute atomic E-state index is 0.873. The second-order valence-electron chi connectivity index (χ2n) is 6.87. The van der Waals surface area contributed by atoms with E-state index < -0.39 is 0 Å². The zero-order chi connectivity index (χ0) is 15.5. The molecule has 0 N–H and O–H groups in total. The Morgan fingerprint density at radius 3 is 1.91 bits per heavy atom. The molecule has 2 aromatic carbocycles. The maximum absolute atomic E-state index is 2.72. The lowest BCUT2D eigenvalue weighted by Crippen LogP contribution is -2.49. The second-order valence-corrected chi connectivity index (χ2v) is 6.87. The van der Waals surface area contributed by atoms with E-state index in [0.29, 0.717) is 0 Å². The predicted molar refractivity (Wildman–Crippen MR) is 97.9 cm³/mol. The molecule has 1 aliphatic heterocycles. The van der Waals surface area contributed by atoms with Gasteiger partial charge in [0.2, 0.25) is 0 Å². The largest absolute Gasteiger partial charge is 0.369 e. The summed E-state index contributed by atoms with van der Waals surface area (Å²) in [6, 6.07) is 20.6. The van der Waals surface area contributed by atoms with E-state index in [-0.39, 0.29) is 0 Å². The SMILES string of the molecule is c1ccc(-c2ccc(N3CCN(C4CCCC4)CC3)cc2)cc1. The van der Waals surface area contributed by atoms with Crippen molar-refractivity contribution < 1.29 is 0 Å². The smallest absolute Gasteiger partial charge is 0.0367 e. The zero-order valence-corrected chi connectivity index (χ0v) is 13.8. The molecule has 2 nitrogen and oxygen atoms in total. The first-order valence-electron chi connectivity index (χ1n) is 9.05. The zero-order valence-electron chi connectivity index (χ0n) is 13.8. The van der Waals surface area contributed by atoms with E-state index in [9.17, 15) is 0 Å². The summed E-state index contributed by atoms with van der Waals surface area (Å²) in [7, 11) is 0. The van der Waals surface area contributed by atoms with Crippen LogP contribution in [0.3, 0.4) is 0 Å². The number of hydrogen-bond donors (Lipinski definition) is 0. The van der Waals surface area contributed by atoms with Crippen molar-refractivity contribution in [1.82, 2.24) is 4.90 Å². The summed E-state index contributed by atoms with van der Waals surface area (Å²) in [5.74, 6) is 0. The van der Waals surface area contributed by atoms with E-state index in [1.165, 1.54) is 68.7 Å². The minimum Gasteiger partial charge on any atom is -0.369 e. The molecule has 0 bridgehead atoms. The van der Waals surface area contributed by atoms with Gasteiger partial charge < -0.3 is 4.90 Å². The fraction of sp³-hybridized carbons (Fsp3) is 0.429. The van der Waals surface area contributed by atoms with Gasteiger partial charge in [-0.1, -0.05) is 55.3 Å². The van der Waals surface area contributed by atoms with Crippen LogP contribution in [0.5, 0.6) is 0 Å². The summed E-state index contributed by atoms with van der Waals surface area (Å²) in [5.41, 5.74) is 3.97. The van der Waals surface area contributed by atoms with E-state index in [4.69, 9.17) is 0 Å². The number of rotatable bonds is 3. The Kier molecular flexibility index (Phi) is 4.34. The Morgan fingerprint density at radius 1 is 0.652 bits per heavy atom. The standard InChI is InChI=1S/C21H26N2/c1-2-6-18(7-3-1)19-10-12-21(13-11-19)23-16-14-22(15-17-23)20-8-4-5-9-20/h1-3,6-7,10-13,20H,4-5,8-9,14-17H2. The predicted octanol–water partition coefficient (Wildman–Crippen LogP) is 4.42. The van der Waals surface area contributed by atoms with Crippen LogP contribution in [0.15, 0.2) is 54.6 Å². The van der Waals surface area contributed by atoms with Crippen LogP contribution in [0.1, 0.15) is 25.7 Å². The van der Waals surface area contributed by atoms with Crippen LogP contribution < -0.4 is 4.90 Å². The van der Waals surface area contributed by atoms with Crippen molar-refractivity contribution in [3.63, 3.8) is 0 Å². The molecule has 1 saturated carbocycles. The summed E-state index contributed by atoms with van der Waals surface area (Å²) >= 11 is 0. The number of piperazine rings is 1. The van der Waals surface area contributed by atoms with Crippen molar-refractivity contribution in [2.75, 3.05) is 31.1 Å². The molecule has 0 amide bonds. The third-order valence-corrected chi connectivity index (χ3v) is 5.49. The van der Waals surface area contributed by atoms with E-state index >= 15 is 0 Å². The number of nitrogens with zero attached hydrogens (tertiary/aromatic N) is 2. The van der Waals surface area contributed by atoms with E-state index in [0.717, 1.165) is 6.04 Å². The number of benzene rings is 2. The van der Waals surface area contributed by atoms with Crippen molar-refractivity contribution >= 4 is 5.69 Å². The molecular formula is C21H26N2. The maximum atomic E-state index is 2.72. The highest BCUT2D eigenvalue weighted by Gasteiger charge is 2.26. The molecular weight excluding hydrogens is 280 g/mol. The third-order valence-electron chi connectivity index (χ3n) is 5.49. The van der Waals surface area contributed by atoms with E-state index in [1.54, 1.807) is 0 Å². The third kappa shape index (κ3) is 3.28. The first kappa shape index (κ1) is 14.8. The maximum Gasteiger partial charge on any atom is 0.0367 e. The molecule has 23 heavy (non-hydrogen) atoms. The van der Waals surface area contributed by atoms with Gasteiger partial charge in [-0.25, -0.2) is 0 Å². The normalized spacial score (nSPS) is 20.1. The molecule has 1 aliphatic carbocycles. The molecule has 2 aromatic rings. The van der Waals surface area contributed by atoms with Crippen molar-refractivity contribution in [1.29, 1.82) is 0 Å². The van der Waals surface area contributed by atoms with Crippen LogP contribution in [0, 0.1) is 0 Å². The topological polar surface area (TPSA) is 6.48 Å². The van der Waals surface area contributed by atoms with Gasteiger partial charge in [-0.3, -0.25) is 4.90 Å². The molecule has 2 heteroatoms. The van der Waals surface area contributed by atoms with Crippen molar-refractivity contribution in [2.24, 2.45) is 0 Å². The van der Waals surface area contributed by atoms with Gasteiger partial charge in [0.25, 0.3) is 0 Å². The first-order chi connectivity index (χ1) is 11.4. The molecule has 4 rings (SSSR count). The van der Waals surface area contributed by atoms with E-state index in [1.807, 2.05) is 0 Å². The van der Waals surface area contributed by atoms with Gasteiger partial charge in [0.15, 0.2) is 0 Å². The summed E-state index contributed by atoms with van der Waals surface area (Å²) in [4.78, 5) is 5.27. The Labute approximate surface area is 139 Å². The highest BCUT2D eigenvalue weighted by Crippen LogP contribution is 2.27. The van der Waals surface area contributed by atoms with Crippen molar-refractivity contribution in [2.45, 2.75) is 31.7 Å². The highest BCUT2D eigenvalue weighted by molar-refractivity contribution is 5.66. The number of anilines is 1. The molecule has 2 fully saturated rings.